The number of rotatable bonds is 3. The van der Waals surface area contributed by atoms with Crippen molar-refractivity contribution in [3.05, 3.63) is 33.8 Å². The third kappa shape index (κ3) is 3.16. The molecule has 0 bridgehead atoms. The van der Waals surface area contributed by atoms with E-state index < -0.39 is 0 Å². The summed E-state index contributed by atoms with van der Waals surface area (Å²) in [5.74, 6) is 0.460. The Morgan fingerprint density at radius 3 is 2.43 bits per heavy atom. The fourth-order valence-corrected chi connectivity index (χ4v) is 1.66. The summed E-state index contributed by atoms with van der Waals surface area (Å²) < 4.78 is 0. The number of benzene rings is 1. The Kier molecular flexibility index (Phi) is 4.24. The van der Waals surface area contributed by atoms with Gasteiger partial charge in [0.15, 0.2) is 0 Å². The number of hydrogen-bond donors (Lipinski definition) is 1. The molecule has 0 spiro atoms. The second-order valence-corrected chi connectivity index (χ2v) is 4.69. The van der Waals surface area contributed by atoms with Crippen molar-refractivity contribution in [1.29, 1.82) is 0 Å². The summed E-state index contributed by atoms with van der Waals surface area (Å²) in [6.07, 6.45) is 0.799. The lowest BCUT2D eigenvalue weighted by Crippen LogP contribution is -2.28. The van der Waals surface area contributed by atoms with Crippen LogP contribution in [0.25, 0.3) is 0 Å². The average molecular weight is 232 g/mol. The third-order valence-electron chi connectivity index (χ3n) is 2.33. The largest absolute Gasteiger partial charge is 0.327 e. The third-order valence-corrected chi connectivity index (χ3v) is 2.91. The fourth-order valence-electron chi connectivity index (χ4n) is 1.18. The highest BCUT2D eigenvalue weighted by molar-refractivity contribution is 6.35. The molecule has 1 rings (SSSR count). The van der Waals surface area contributed by atoms with Crippen LogP contribution < -0.4 is 5.73 Å². The second kappa shape index (κ2) is 5.01. The predicted octanol–water partition coefficient (Wildman–Crippen LogP) is 3.52. The van der Waals surface area contributed by atoms with Crippen LogP contribution in [0.5, 0.6) is 0 Å². The first-order chi connectivity index (χ1) is 6.50. The maximum Gasteiger partial charge on any atom is 0.0453 e. The first kappa shape index (κ1) is 11.8. The SMILES string of the molecule is CC(C)[C@H](N)Cc1ccc(Cl)cc1Cl. The fraction of sp³-hybridized carbons (Fsp3) is 0.455. The number of halogens is 2. The second-order valence-electron chi connectivity index (χ2n) is 3.85. The Bertz CT molecular complexity index is 310. The molecule has 14 heavy (non-hydrogen) atoms. The first-order valence-electron chi connectivity index (χ1n) is 4.70. The molecule has 0 saturated heterocycles. The van der Waals surface area contributed by atoms with Crippen molar-refractivity contribution in [3.63, 3.8) is 0 Å². The zero-order valence-corrected chi connectivity index (χ0v) is 9.94. The van der Waals surface area contributed by atoms with Crippen molar-refractivity contribution in [3.8, 4) is 0 Å². The number of hydrogen-bond acceptors (Lipinski definition) is 1. The Morgan fingerprint density at radius 1 is 1.29 bits per heavy atom. The summed E-state index contributed by atoms with van der Waals surface area (Å²) in [5, 5.41) is 1.37. The van der Waals surface area contributed by atoms with Gasteiger partial charge in [0, 0.05) is 16.1 Å². The van der Waals surface area contributed by atoms with E-state index in [1.807, 2.05) is 12.1 Å². The first-order valence-corrected chi connectivity index (χ1v) is 5.46. The summed E-state index contributed by atoms with van der Waals surface area (Å²) in [5.41, 5.74) is 7.03. The van der Waals surface area contributed by atoms with Gasteiger partial charge in [-0.25, -0.2) is 0 Å². The highest BCUT2D eigenvalue weighted by atomic mass is 35.5. The van der Waals surface area contributed by atoms with Crippen molar-refractivity contribution in [2.24, 2.45) is 11.7 Å². The molecular formula is C11H15Cl2N. The minimum atomic E-state index is 0.147. The lowest BCUT2D eigenvalue weighted by molar-refractivity contribution is 0.490. The molecule has 0 aromatic heterocycles. The van der Waals surface area contributed by atoms with E-state index >= 15 is 0 Å². The van der Waals surface area contributed by atoms with Gasteiger partial charge in [0.1, 0.15) is 0 Å². The quantitative estimate of drug-likeness (QED) is 0.847. The summed E-state index contributed by atoms with van der Waals surface area (Å²) >= 11 is 11.8. The van der Waals surface area contributed by atoms with Gasteiger partial charge >= 0.3 is 0 Å². The van der Waals surface area contributed by atoms with Crippen molar-refractivity contribution < 1.29 is 0 Å². The van der Waals surface area contributed by atoms with Crippen LogP contribution in [0.15, 0.2) is 18.2 Å². The lowest BCUT2D eigenvalue weighted by Gasteiger charge is -2.16. The van der Waals surface area contributed by atoms with Crippen LogP contribution >= 0.6 is 23.2 Å². The minimum Gasteiger partial charge on any atom is -0.327 e. The molecule has 78 valence electrons. The van der Waals surface area contributed by atoms with Crippen molar-refractivity contribution in [1.82, 2.24) is 0 Å². The molecule has 0 saturated carbocycles. The summed E-state index contributed by atoms with van der Waals surface area (Å²) in [4.78, 5) is 0. The maximum atomic E-state index is 6.04. The molecule has 0 amide bonds. The molecule has 1 atom stereocenters. The molecule has 0 radical (unpaired) electrons. The highest BCUT2D eigenvalue weighted by Crippen LogP contribution is 2.22. The Balaban J connectivity index is 2.77. The van der Waals surface area contributed by atoms with Crippen LogP contribution in [0.3, 0.4) is 0 Å². The molecule has 1 aromatic carbocycles. The monoisotopic (exact) mass is 231 g/mol. The molecule has 1 aromatic rings. The van der Waals surface area contributed by atoms with Crippen LogP contribution in [-0.2, 0) is 6.42 Å². The van der Waals surface area contributed by atoms with Crippen LogP contribution in [0.1, 0.15) is 19.4 Å². The zero-order valence-electron chi connectivity index (χ0n) is 8.43. The highest BCUT2D eigenvalue weighted by Gasteiger charge is 2.10. The van der Waals surface area contributed by atoms with Gasteiger partial charge in [-0.1, -0.05) is 43.1 Å². The van der Waals surface area contributed by atoms with Crippen molar-refractivity contribution >= 4 is 23.2 Å². The van der Waals surface area contributed by atoms with E-state index in [1.54, 1.807) is 6.07 Å². The number of nitrogens with two attached hydrogens (primary N) is 1. The van der Waals surface area contributed by atoms with Crippen molar-refractivity contribution in [2.45, 2.75) is 26.3 Å². The minimum absolute atomic E-state index is 0.147. The van der Waals surface area contributed by atoms with Gasteiger partial charge in [-0.2, -0.15) is 0 Å². The van der Waals surface area contributed by atoms with Gasteiger partial charge in [-0.15, -0.1) is 0 Å². The van der Waals surface area contributed by atoms with Gasteiger partial charge in [0.2, 0.25) is 0 Å². The smallest absolute Gasteiger partial charge is 0.0453 e. The van der Waals surface area contributed by atoms with E-state index in [1.165, 1.54) is 0 Å². The Morgan fingerprint density at radius 2 is 1.93 bits per heavy atom. The van der Waals surface area contributed by atoms with Gasteiger partial charge in [-0.3, -0.25) is 0 Å². The van der Waals surface area contributed by atoms with Gasteiger partial charge in [-0.05, 0) is 30.0 Å². The van der Waals surface area contributed by atoms with E-state index in [-0.39, 0.29) is 6.04 Å². The normalized spacial score (nSPS) is 13.3. The van der Waals surface area contributed by atoms with E-state index in [0.29, 0.717) is 16.0 Å². The molecule has 0 aliphatic carbocycles. The molecule has 3 heteroatoms. The Labute approximate surface area is 95.2 Å². The van der Waals surface area contributed by atoms with Crippen LogP contribution in [0, 0.1) is 5.92 Å². The molecule has 0 aliphatic heterocycles. The van der Waals surface area contributed by atoms with Gasteiger partial charge in [0.25, 0.3) is 0 Å². The molecule has 1 nitrogen and oxygen atoms in total. The molecule has 0 unspecified atom stereocenters. The van der Waals surface area contributed by atoms with Crippen LogP contribution in [0.2, 0.25) is 10.0 Å². The molecule has 0 aliphatic rings. The topological polar surface area (TPSA) is 26.0 Å². The molecule has 0 heterocycles. The van der Waals surface area contributed by atoms with Crippen molar-refractivity contribution in [2.75, 3.05) is 0 Å². The zero-order chi connectivity index (χ0) is 10.7. The predicted molar refractivity (Wildman–Crippen MR) is 63.0 cm³/mol. The summed E-state index contributed by atoms with van der Waals surface area (Å²) in [6.45, 7) is 4.21. The van der Waals surface area contributed by atoms with Crippen LogP contribution in [0.4, 0.5) is 0 Å². The van der Waals surface area contributed by atoms with E-state index in [0.717, 1.165) is 12.0 Å². The standard InChI is InChI=1S/C11H15Cl2N/c1-7(2)11(14)5-8-3-4-9(12)6-10(8)13/h3-4,6-7,11H,5,14H2,1-2H3/t11-/m1/s1. The molecule has 0 fully saturated rings. The summed E-state index contributed by atoms with van der Waals surface area (Å²) in [7, 11) is 0. The Hall–Kier alpha value is -0.240. The molecular weight excluding hydrogens is 217 g/mol. The summed E-state index contributed by atoms with van der Waals surface area (Å²) in [6, 6.07) is 5.68. The van der Waals surface area contributed by atoms with Gasteiger partial charge in [0.05, 0.1) is 0 Å². The average Bonchev–Trinajstić information content (AvgIpc) is 2.09. The maximum absolute atomic E-state index is 6.04. The lowest BCUT2D eigenvalue weighted by atomic mass is 9.97. The van der Waals surface area contributed by atoms with Gasteiger partial charge < -0.3 is 5.73 Å². The van der Waals surface area contributed by atoms with E-state index in [9.17, 15) is 0 Å². The van der Waals surface area contributed by atoms with E-state index in [2.05, 4.69) is 13.8 Å². The van der Waals surface area contributed by atoms with Crippen LogP contribution in [-0.4, -0.2) is 6.04 Å². The van der Waals surface area contributed by atoms with E-state index in [4.69, 9.17) is 28.9 Å². The molecule has 2 N–H and O–H groups in total.